The molecular weight excluding hydrogens is 150 g/mol. The Bertz CT molecular complexity index is 272. The van der Waals surface area contributed by atoms with Gasteiger partial charge < -0.3 is 0 Å². The van der Waals surface area contributed by atoms with Crippen LogP contribution in [-0.2, 0) is 6.42 Å². The Hall–Kier alpha value is -1.09. The van der Waals surface area contributed by atoms with Crippen LogP contribution in [-0.4, -0.2) is 18.6 Å². The van der Waals surface area contributed by atoms with Crippen LogP contribution in [0.4, 0.5) is 5.82 Å². The third-order valence-electron chi connectivity index (χ3n) is 2.22. The molecule has 0 unspecified atom stereocenters. The van der Waals surface area contributed by atoms with E-state index >= 15 is 0 Å². The minimum atomic E-state index is 1.06. The molecule has 3 heteroatoms. The van der Waals surface area contributed by atoms with Crippen LogP contribution in [0.25, 0.3) is 0 Å². The largest absolute Gasteiger partial charge is 0.292 e. The average molecular weight is 163 g/mol. The zero-order chi connectivity index (χ0) is 8.39. The Morgan fingerprint density at radius 1 is 1.58 bits per heavy atom. The van der Waals surface area contributed by atoms with Gasteiger partial charge >= 0.3 is 0 Å². The first-order chi connectivity index (χ1) is 5.92. The third-order valence-corrected chi connectivity index (χ3v) is 2.22. The van der Waals surface area contributed by atoms with E-state index in [1.807, 2.05) is 19.3 Å². The first-order valence-corrected chi connectivity index (χ1v) is 4.30. The summed E-state index contributed by atoms with van der Waals surface area (Å²) in [5.41, 5.74) is 4.48. The van der Waals surface area contributed by atoms with Gasteiger partial charge in [0.15, 0.2) is 0 Å². The molecule has 1 aromatic rings. The minimum absolute atomic E-state index is 1.06. The normalized spacial score (nSPS) is 15.9. The van der Waals surface area contributed by atoms with E-state index in [0.29, 0.717) is 0 Å². The number of anilines is 1. The summed E-state index contributed by atoms with van der Waals surface area (Å²) in [6, 6.07) is 4.14. The van der Waals surface area contributed by atoms with E-state index in [1.54, 1.807) is 0 Å². The Kier molecular flexibility index (Phi) is 1.96. The first kappa shape index (κ1) is 7.55. The predicted octanol–water partition coefficient (Wildman–Crippen LogP) is 0.969. The number of pyridine rings is 1. The summed E-state index contributed by atoms with van der Waals surface area (Å²) in [7, 11) is 1.93. The molecule has 3 nitrogen and oxygen atoms in total. The van der Waals surface area contributed by atoms with Gasteiger partial charge in [-0.25, -0.2) is 10.4 Å². The van der Waals surface area contributed by atoms with Crippen LogP contribution in [0, 0.1) is 0 Å². The number of aryl methyl sites for hydroxylation is 1. The molecular formula is C9H13N3. The zero-order valence-corrected chi connectivity index (χ0v) is 7.25. The van der Waals surface area contributed by atoms with Crippen molar-refractivity contribution in [3.63, 3.8) is 0 Å². The monoisotopic (exact) mass is 163 g/mol. The highest BCUT2D eigenvalue weighted by molar-refractivity contribution is 5.47. The van der Waals surface area contributed by atoms with Crippen molar-refractivity contribution in [1.29, 1.82) is 0 Å². The fourth-order valence-electron chi connectivity index (χ4n) is 1.62. The van der Waals surface area contributed by atoms with Gasteiger partial charge in [-0.1, -0.05) is 6.07 Å². The smallest absolute Gasteiger partial charge is 0.145 e. The number of rotatable bonds is 1. The molecule has 64 valence electrons. The van der Waals surface area contributed by atoms with Crippen molar-refractivity contribution < 1.29 is 0 Å². The molecule has 0 aliphatic carbocycles. The van der Waals surface area contributed by atoms with E-state index in [1.165, 1.54) is 12.0 Å². The highest BCUT2D eigenvalue weighted by Crippen LogP contribution is 2.21. The topological polar surface area (TPSA) is 28.2 Å². The molecule has 1 aromatic heterocycles. The molecule has 1 aliphatic heterocycles. The standard InChI is InChI=1S/C9H13N3/c1-10-12-7-3-5-8-4-2-6-11-9(8)12/h2,4,6,10H,3,5,7H2,1H3. The van der Waals surface area contributed by atoms with Crippen LogP contribution in [0.5, 0.6) is 0 Å². The lowest BCUT2D eigenvalue weighted by Crippen LogP contribution is -2.39. The minimum Gasteiger partial charge on any atom is -0.292 e. The zero-order valence-electron chi connectivity index (χ0n) is 7.25. The quantitative estimate of drug-likeness (QED) is 0.668. The molecule has 12 heavy (non-hydrogen) atoms. The molecule has 0 fully saturated rings. The van der Waals surface area contributed by atoms with E-state index in [2.05, 4.69) is 21.5 Å². The number of hydrogen-bond acceptors (Lipinski definition) is 3. The van der Waals surface area contributed by atoms with Crippen LogP contribution in [0.15, 0.2) is 18.3 Å². The van der Waals surface area contributed by atoms with Crippen LogP contribution >= 0.6 is 0 Å². The van der Waals surface area contributed by atoms with E-state index in [-0.39, 0.29) is 0 Å². The van der Waals surface area contributed by atoms with Crippen molar-refractivity contribution in [2.24, 2.45) is 0 Å². The number of nitrogens with zero attached hydrogens (tertiary/aromatic N) is 2. The Labute approximate surface area is 72.4 Å². The molecule has 2 rings (SSSR count). The van der Waals surface area contributed by atoms with Gasteiger partial charge in [0.25, 0.3) is 0 Å². The molecule has 0 bridgehead atoms. The number of fused-ring (bicyclic) bond motifs is 1. The molecule has 0 aromatic carbocycles. The second kappa shape index (κ2) is 3.11. The van der Waals surface area contributed by atoms with Crippen LogP contribution < -0.4 is 10.4 Å². The lowest BCUT2D eigenvalue weighted by molar-refractivity contribution is 0.622. The molecule has 2 heterocycles. The first-order valence-electron chi connectivity index (χ1n) is 4.30. The van der Waals surface area contributed by atoms with Crippen LogP contribution in [0.1, 0.15) is 12.0 Å². The number of aromatic nitrogens is 1. The fourth-order valence-corrected chi connectivity index (χ4v) is 1.62. The number of hydrazine groups is 1. The van der Waals surface area contributed by atoms with Crippen LogP contribution in [0.2, 0.25) is 0 Å². The summed E-state index contributed by atoms with van der Waals surface area (Å²) in [5.74, 6) is 1.09. The predicted molar refractivity (Wildman–Crippen MR) is 49.0 cm³/mol. The summed E-state index contributed by atoms with van der Waals surface area (Å²) in [4.78, 5) is 4.33. The van der Waals surface area contributed by atoms with E-state index < -0.39 is 0 Å². The van der Waals surface area contributed by atoms with Gasteiger partial charge in [0.2, 0.25) is 0 Å². The maximum atomic E-state index is 4.33. The Morgan fingerprint density at radius 3 is 3.33 bits per heavy atom. The van der Waals surface area contributed by atoms with Crippen molar-refractivity contribution in [3.8, 4) is 0 Å². The second-order valence-corrected chi connectivity index (χ2v) is 2.96. The molecule has 0 atom stereocenters. The lowest BCUT2D eigenvalue weighted by Gasteiger charge is -2.28. The van der Waals surface area contributed by atoms with Gasteiger partial charge in [0.05, 0.1) is 0 Å². The number of nitrogens with one attached hydrogen (secondary N) is 1. The van der Waals surface area contributed by atoms with Gasteiger partial charge in [0, 0.05) is 19.8 Å². The van der Waals surface area contributed by atoms with Gasteiger partial charge in [-0.15, -0.1) is 0 Å². The summed E-state index contributed by atoms with van der Waals surface area (Å²) >= 11 is 0. The maximum absolute atomic E-state index is 4.33. The van der Waals surface area contributed by atoms with Gasteiger partial charge in [-0.05, 0) is 24.5 Å². The van der Waals surface area contributed by atoms with Crippen molar-refractivity contribution in [2.45, 2.75) is 12.8 Å². The molecule has 1 N–H and O–H groups in total. The van der Waals surface area contributed by atoms with E-state index in [4.69, 9.17) is 0 Å². The third kappa shape index (κ3) is 1.16. The van der Waals surface area contributed by atoms with E-state index in [9.17, 15) is 0 Å². The fraction of sp³-hybridized carbons (Fsp3) is 0.444. The molecule has 0 saturated carbocycles. The molecule has 1 aliphatic rings. The molecule has 0 spiro atoms. The summed E-state index contributed by atoms with van der Waals surface area (Å²) in [5, 5.41) is 2.10. The van der Waals surface area contributed by atoms with Gasteiger partial charge in [-0.2, -0.15) is 0 Å². The summed E-state index contributed by atoms with van der Waals surface area (Å²) in [6.07, 6.45) is 4.20. The second-order valence-electron chi connectivity index (χ2n) is 2.96. The molecule has 0 radical (unpaired) electrons. The SMILES string of the molecule is CNN1CCCc2cccnc21. The van der Waals surface area contributed by atoms with Crippen molar-refractivity contribution in [2.75, 3.05) is 18.6 Å². The highest BCUT2D eigenvalue weighted by Gasteiger charge is 2.15. The van der Waals surface area contributed by atoms with Gasteiger partial charge in [0.1, 0.15) is 5.82 Å². The van der Waals surface area contributed by atoms with Crippen molar-refractivity contribution in [3.05, 3.63) is 23.9 Å². The Balaban J connectivity index is 2.37. The van der Waals surface area contributed by atoms with Crippen molar-refractivity contribution >= 4 is 5.82 Å². The summed E-state index contributed by atoms with van der Waals surface area (Å²) < 4.78 is 0. The highest BCUT2D eigenvalue weighted by atomic mass is 15.5. The van der Waals surface area contributed by atoms with E-state index in [0.717, 1.165) is 18.8 Å². The molecule has 0 amide bonds. The average Bonchev–Trinajstić information content (AvgIpc) is 2.17. The van der Waals surface area contributed by atoms with Crippen molar-refractivity contribution in [1.82, 2.24) is 10.4 Å². The number of hydrogen-bond donors (Lipinski definition) is 1. The molecule has 0 saturated heterocycles. The van der Waals surface area contributed by atoms with Gasteiger partial charge in [-0.3, -0.25) is 5.01 Å². The lowest BCUT2D eigenvalue weighted by atomic mass is 10.1. The maximum Gasteiger partial charge on any atom is 0.145 e. The Morgan fingerprint density at radius 2 is 2.50 bits per heavy atom. The summed E-state index contributed by atoms with van der Waals surface area (Å²) in [6.45, 7) is 1.06. The van der Waals surface area contributed by atoms with Crippen LogP contribution in [0.3, 0.4) is 0 Å².